The number of carbonyl (C=O) groups is 1. The number of pyridine rings is 1. The molecule has 3 aromatic heterocycles. The van der Waals surface area contributed by atoms with E-state index in [9.17, 15) is 9.18 Å². The third-order valence-electron chi connectivity index (χ3n) is 6.85. The van der Waals surface area contributed by atoms with Crippen molar-refractivity contribution in [1.82, 2.24) is 24.9 Å². The normalized spacial score (nSPS) is 21.2. The Bertz CT molecular complexity index is 1470. The van der Waals surface area contributed by atoms with Gasteiger partial charge in [-0.05, 0) is 49.4 Å². The molecule has 6 rings (SSSR count). The molecular formula is C28H28FN7O4. The molecule has 0 unspecified atom stereocenters. The van der Waals surface area contributed by atoms with Crippen LogP contribution in [0.25, 0.3) is 22.6 Å². The maximum atomic E-state index is 13.7. The van der Waals surface area contributed by atoms with Crippen molar-refractivity contribution in [3.63, 3.8) is 0 Å². The molecule has 12 heteroatoms. The number of aromatic nitrogens is 5. The molecule has 206 valence electrons. The lowest BCUT2D eigenvalue weighted by Gasteiger charge is -2.35. The van der Waals surface area contributed by atoms with Gasteiger partial charge in [-0.3, -0.25) is 9.78 Å². The van der Waals surface area contributed by atoms with E-state index in [4.69, 9.17) is 24.2 Å². The summed E-state index contributed by atoms with van der Waals surface area (Å²) in [6, 6.07) is 11.3. The Balaban J connectivity index is 1.26. The van der Waals surface area contributed by atoms with Gasteiger partial charge < -0.3 is 29.4 Å². The Morgan fingerprint density at radius 1 is 1.02 bits per heavy atom. The Morgan fingerprint density at radius 2 is 1.75 bits per heavy atom. The van der Waals surface area contributed by atoms with Crippen molar-refractivity contribution in [3.05, 3.63) is 72.7 Å². The number of carbonyl (C=O) groups excluding carboxylic acids is 1. The van der Waals surface area contributed by atoms with Crippen molar-refractivity contribution in [1.29, 1.82) is 0 Å². The van der Waals surface area contributed by atoms with Gasteiger partial charge in [0.2, 0.25) is 18.1 Å². The van der Waals surface area contributed by atoms with Crippen molar-refractivity contribution in [3.8, 4) is 22.6 Å². The van der Waals surface area contributed by atoms with Gasteiger partial charge in [-0.1, -0.05) is 0 Å². The summed E-state index contributed by atoms with van der Waals surface area (Å²) in [6.45, 7) is 4.62. The zero-order chi connectivity index (χ0) is 27.5. The van der Waals surface area contributed by atoms with Crippen LogP contribution >= 0.6 is 0 Å². The second-order valence-corrected chi connectivity index (χ2v) is 9.90. The third-order valence-corrected chi connectivity index (χ3v) is 6.85. The molecule has 1 aromatic carbocycles. The molecule has 5 heterocycles. The largest absolute Gasteiger partial charge is 0.378 e. The molecule has 40 heavy (non-hydrogen) atoms. The van der Waals surface area contributed by atoms with Crippen LogP contribution in [0.5, 0.6) is 0 Å². The molecule has 0 spiro atoms. The highest BCUT2D eigenvalue weighted by atomic mass is 19.1. The second kappa shape index (κ2) is 11.1. The molecule has 2 saturated heterocycles. The molecule has 2 aliphatic rings. The topological polar surface area (TPSA) is 127 Å². The van der Waals surface area contributed by atoms with Gasteiger partial charge in [0.15, 0.2) is 5.82 Å². The number of anilines is 2. The van der Waals surface area contributed by atoms with Gasteiger partial charge in [0.05, 0.1) is 48.9 Å². The van der Waals surface area contributed by atoms with Crippen LogP contribution in [-0.2, 0) is 19.0 Å². The molecule has 4 aromatic rings. The lowest BCUT2D eigenvalue weighted by atomic mass is 9.91. The third kappa shape index (κ3) is 5.41. The van der Waals surface area contributed by atoms with Crippen molar-refractivity contribution in [2.45, 2.75) is 13.2 Å². The number of ether oxygens (including phenoxy) is 3. The van der Waals surface area contributed by atoms with Crippen LogP contribution < -0.4 is 10.2 Å². The summed E-state index contributed by atoms with van der Waals surface area (Å²) in [6.07, 6.45) is 4.07. The minimum Gasteiger partial charge on any atom is -0.378 e. The number of H-pyrrole nitrogens is 1. The van der Waals surface area contributed by atoms with Crippen LogP contribution in [0.3, 0.4) is 0 Å². The van der Waals surface area contributed by atoms with Crippen LogP contribution in [-0.4, -0.2) is 70.3 Å². The van der Waals surface area contributed by atoms with Crippen LogP contribution in [0.1, 0.15) is 19.0 Å². The Hall–Kier alpha value is -4.26. The number of halogens is 1. The van der Waals surface area contributed by atoms with E-state index >= 15 is 0 Å². The Labute approximate surface area is 229 Å². The van der Waals surface area contributed by atoms with Gasteiger partial charge in [-0.15, -0.1) is 0 Å². The molecule has 0 atom stereocenters. The van der Waals surface area contributed by atoms with Gasteiger partial charge >= 0.3 is 0 Å². The number of rotatable bonds is 6. The SMILES string of the molecule is CC1(C(=O)Nc2ccncc2)COC(c2nc(-c3ccc(F)cc3)c(-c3ccnc(N4CCOCC4)n3)[nH]2)OC1. The minimum absolute atomic E-state index is 0.116. The predicted molar refractivity (Wildman–Crippen MR) is 144 cm³/mol. The average Bonchev–Trinajstić information content (AvgIpc) is 3.44. The van der Waals surface area contributed by atoms with Crippen LogP contribution in [0.15, 0.2) is 61.1 Å². The van der Waals surface area contributed by atoms with Gasteiger partial charge in [-0.2, -0.15) is 0 Å². The number of morpholine rings is 1. The van der Waals surface area contributed by atoms with Crippen molar-refractivity contribution < 1.29 is 23.4 Å². The summed E-state index contributed by atoms with van der Waals surface area (Å²) in [7, 11) is 0. The first kappa shape index (κ1) is 26.0. The predicted octanol–water partition coefficient (Wildman–Crippen LogP) is 3.59. The van der Waals surface area contributed by atoms with E-state index in [1.165, 1.54) is 12.1 Å². The van der Waals surface area contributed by atoms with E-state index in [0.717, 1.165) is 0 Å². The number of aromatic amines is 1. The van der Waals surface area contributed by atoms with Gasteiger partial charge in [0.1, 0.15) is 5.82 Å². The number of amides is 1. The van der Waals surface area contributed by atoms with E-state index in [1.807, 2.05) is 0 Å². The van der Waals surface area contributed by atoms with Crippen molar-refractivity contribution >= 4 is 17.5 Å². The number of nitrogens with one attached hydrogen (secondary N) is 2. The average molecular weight is 546 g/mol. The zero-order valence-corrected chi connectivity index (χ0v) is 21.8. The molecule has 2 fully saturated rings. The molecule has 0 aliphatic carbocycles. The van der Waals surface area contributed by atoms with Crippen LogP contribution in [0.2, 0.25) is 0 Å². The summed E-state index contributed by atoms with van der Waals surface area (Å²) in [5.74, 6) is 0.433. The lowest BCUT2D eigenvalue weighted by molar-refractivity contribution is -0.229. The number of hydrogen-bond donors (Lipinski definition) is 2. The standard InChI is InChI=1S/C28H28FN7O4/c1-28(26(37)32-20-6-9-30-10-7-20)16-39-25(40-17-28)24-34-22(18-2-4-19(29)5-3-18)23(35-24)21-8-11-31-27(33-21)36-12-14-38-15-13-36/h2-11,25H,12-17H2,1H3,(H,34,35)(H,30,32,37). The molecule has 2 aliphatic heterocycles. The molecular weight excluding hydrogens is 517 g/mol. The monoisotopic (exact) mass is 545 g/mol. The number of hydrogen-bond acceptors (Lipinski definition) is 9. The molecule has 1 amide bonds. The molecule has 0 bridgehead atoms. The Morgan fingerprint density at radius 3 is 2.48 bits per heavy atom. The molecule has 0 radical (unpaired) electrons. The second-order valence-electron chi connectivity index (χ2n) is 9.90. The quantitative estimate of drug-likeness (QED) is 0.374. The maximum Gasteiger partial charge on any atom is 0.235 e. The highest BCUT2D eigenvalue weighted by Crippen LogP contribution is 2.36. The Kier molecular flexibility index (Phi) is 7.20. The lowest BCUT2D eigenvalue weighted by Crippen LogP contribution is -2.45. The van der Waals surface area contributed by atoms with Crippen LogP contribution in [0, 0.1) is 11.2 Å². The first-order chi connectivity index (χ1) is 19.5. The molecule has 0 saturated carbocycles. The summed E-state index contributed by atoms with van der Waals surface area (Å²) in [5.41, 5.74) is 2.24. The van der Waals surface area contributed by atoms with Crippen molar-refractivity contribution in [2.75, 3.05) is 49.7 Å². The fourth-order valence-electron chi connectivity index (χ4n) is 4.52. The highest BCUT2D eigenvalue weighted by molar-refractivity contribution is 5.95. The minimum atomic E-state index is -0.908. The van der Waals surface area contributed by atoms with E-state index in [1.54, 1.807) is 55.8 Å². The summed E-state index contributed by atoms with van der Waals surface area (Å²) in [4.78, 5) is 36.3. The van der Waals surface area contributed by atoms with Crippen molar-refractivity contribution in [2.24, 2.45) is 5.41 Å². The number of nitrogens with zero attached hydrogens (tertiary/aromatic N) is 5. The van der Waals surface area contributed by atoms with E-state index < -0.39 is 11.7 Å². The molecule has 2 N–H and O–H groups in total. The summed E-state index contributed by atoms with van der Waals surface area (Å²) < 4.78 is 31.2. The van der Waals surface area contributed by atoms with Gasteiger partial charge in [0, 0.05) is 42.9 Å². The summed E-state index contributed by atoms with van der Waals surface area (Å²) in [5, 5.41) is 2.88. The van der Waals surface area contributed by atoms with E-state index in [0.29, 0.717) is 66.4 Å². The fourth-order valence-corrected chi connectivity index (χ4v) is 4.52. The van der Waals surface area contributed by atoms with E-state index in [-0.39, 0.29) is 24.9 Å². The highest BCUT2D eigenvalue weighted by Gasteiger charge is 2.41. The molecule has 11 nitrogen and oxygen atoms in total. The van der Waals surface area contributed by atoms with Gasteiger partial charge in [-0.25, -0.2) is 19.3 Å². The maximum absolute atomic E-state index is 13.7. The van der Waals surface area contributed by atoms with E-state index in [2.05, 4.69) is 25.2 Å². The fraction of sp³-hybridized carbons (Fsp3) is 0.321. The zero-order valence-electron chi connectivity index (χ0n) is 21.8. The first-order valence-corrected chi connectivity index (χ1v) is 13.0. The van der Waals surface area contributed by atoms with Crippen LogP contribution in [0.4, 0.5) is 16.0 Å². The first-order valence-electron chi connectivity index (χ1n) is 13.0. The summed E-state index contributed by atoms with van der Waals surface area (Å²) >= 11 is 0. The van der Waals surface area contributed by atoms with Gasteiger partial charge in [0.25, 0.3) is 0 Å². The smallest absolute Gasteiger partial charge is 0.235 e. The number of imidazole rings is 1. The number of benzene rings is 1.